The molecule has 0 aliphatic heterocycles. The summed E-state index contributed by atoms with van der Waals surface area (Å²) < 4.78 is 0. The second-order valence-corrected chi connectivity index (χ2v) is 4.44. The molecule has 68 valence electrons. The maximum atomic E-state index is 4.56. The third-order valence-electron chi connectivity index (χ3n) is 2.57. The Kier molecular flexibility index (Phi) is 9.22. The molecule has 0 spiro atoms. The van der Waals surface area contributed by atoms with Crippen LogP contribution in [-0.4, -0.2) is 24.1 Å². The third-order valence-corrected chi connectivity index (χ3v) is 3.09. The van der Waals surface area contributed by atoms with E-state index in [9.17, 15) is 0 Å². The molecule has 0 aromatic carbocycles. The van der Waals surface area contributed by atoms with Crippen LogP contribution < -0.4 is 0 Å². The molecule has 0 radical (unpaired) electrons. The Hall–Kier alpha value is 0.947. The molecule has 0 atom stereocenters. The Morgan fingerprint density at radius 3 is 1.42 bits per heavy atom. The summed E-state index contributed by atoms with van der Waals surface area (Å²) in [6.07, 6.45) is 12.8. The molecule has 1 fully saturated rings. The molecule has 1 saturated carbocycles. The Bertz CT molecular complexity index is 85.8. The quantitative estimate of drug-likeness (QED) is 0.429. The van der Waals surface area contributed by atoms with Crippen molar-refractivity contribution < 1.29 is 0 Å². The van der Waals surface area contributed by atoms with E-state index in [0.29, 0.717) is 5.25 Å². The van der Waals surface area contributed by atoms with Gasteiger partial charge in [0.05, 0.1) is 0 Å². The van der Waals surface area contributed by atoms with Crippen LogP contribution in [0.1, 0.15) is 57.8 Å². The molecule has 0 aromatic rings. The summed E-state index contributed by atoms with van der Waals surface area (Å²) in [6, 6.07) is 0. The van der Waals surface area contributed by atoms with Gasteiger partial charge in [0, 0.05) is 5.25 Å². The zero-order valence-corrected chi connectivity index (χ0v) is 8.28. The van der Waals surface area contributed by atoms with Crippen molar-refractivity contribution in [3.63, 3.8) is 0 Å². The minimum absolute atomic E-state index is 0. The molecule has 0 heterocycles. The molecule has 12 heavy (non-hydrogen) atoms. The minimum atomic E-state index is 0. The van der Waals surface area contributed by atoms with Crippen molar-refractivity contribution in [1.82, 2.24) is 0 Å². The van der Waals surface area contributed by atoms with Gasteiger partial charge in [-0.05, 0) is 12.8 Å². The van der Waals surface area contributed by atoms with Gasteiger partial charge in [0.15, 0.2) is 0 Å². The van der Waals surface area contributed by atoms with Crippen molar-refractivity contribution in [2.45, 2.75) is 63.0 Å². The summed E-state index contributed by atoms with van der Waals surface area (Å²) in [5.74, 6) is 0. The Balaban J connectivity index is 0.00000121. The zero-order chi connectivity index (χ0) is 7.94. The molecule has 0 aromatic heterocycles. The standard InChI is InChI=1S/C10H20S.Li.H/c11-10-8-6-4-2-1-3-5-7-9-10;;/h10-11H,1-9H2;;. The molecule has 1 aliphatic carbocycles. The van der Waals surface area contributed by atoms with Gasteiger partial charge in [-0.15, -0.1) is 0 Å². The SMILES string of the molecule is SC1CCCCCCCCC1.[LiH]. The Morgan fingerprint density at radius 1 is 0.667 bits per heavy atom. The second kappa shape index (κ2) is 8.54. The molecular formula is C10H21LiS. The summed E-state index contributed by atoms with van der Waals surface area (Å²) in [6.45, 7) is 0. The third kappa shape index (κ3) is 6.46. The van der Waals surface area contributed by atoms with Gasteiger partial charge in [-0.2, -0.15) is 12.6 Å². The van der Waals surface area contributed by atoms with Crippen molar-refractivity contribution in [3.05, 3.63) is 0 Å². The van der Waals surface area contributed by atoms with Crippen LogP contribution in [0.15, 0.2) is 0 Å². The monoisotopic (exact) mass is 180 g/mol. The number of hydrogen-bond donors (Lipinski definition) is 1. The van der Waals surface area contributed by atoms with Crippen LogP contribution in [0.4, 0.5) is 0 Å². The molecule has 0 unspecified atom stereocenters. The van der Waals surface area contributed by atoms with E-state index >= 15 is 0 Å². The first kappa shape index (κ1) is 12.9. The second-order valence-electron chi connectivity index (χ2n) is 3.71. The van der Waals surface area contributed by atoms with Gasteiger partial charge in [-0.3, -0.25) is 0 Å². The van der Waals surface area contributed by atoms with Crippen molar-refractivity contribution in [1.29, 1.82) is 0 Å². The molecular weight excluding hydrogens is 159 g/mol. The van der Waals surface area contributed by atoms with Crippen LogP contribution in [0.25, 0.3) is 0 Å². The average molecular weight is 180 g/mol. The van der Waals surface area contributed by atoms with Crippen molar-refractivity contribution in [3.8, 4) is 0 Å². The van der Waals surface area contributed by atoms with Crippen LogP contribution >= 0.6 is 12.6 Å². The van der Waals surface area contributed by atoms with E-state index in [-0.39, 0.29) is 18.9 Å². The van der Waals surface area contributed by atoms with Crippen LogP contribution in [0.2, 0.25) is 0 Å². The molecule has 0 nitrogen and oxygen atoms in total. The first-order valence-electron chi connectivity index (χ1n) is 5.07. The first-order chi connectivity index (χ1) is 5.39. The fraction of sp³-hybridized carbons (Fsp3) is 1.00. The predicted octanol–water partition coefficient (Wildman–Crippen LogP) is 3.16. The predicted molar refractivity (Wildman–Crippen MR) is 61.5 cm³/mol. The summed E-state index contributed by atoms with van der Waals surface area (Å²) in [7, 11) is 0. The summed E-state index contributed by atoms with van der Waals surface area (Å²) in [5.41, 5.74) is 0. The van der Waals surface area contributed by atoms with Crippen molar-refractivity contribution >= 4 is 31.5 Å². The van der Waals surface area contributed by atoms with Crippen LogP contribution in [0, 0.1) is 0 Å². The molecule has 1 aliphatic rings. The van der Waals surface area contributed by atoms with Crippen LogP contribution in [-0.2, 0) is 0 Å². The molecule has 0 bridgehead atoms. The van der Waals surface area contributed by atoms with E-state index in [0.717, 1.165) is 0 Å². The number of rotatable bonds is 0. The average Bonchev–Trinajstić information content (AvgIpc) is 2.03. The first-order valence-corrected chi connectivity index (χ1v) is 5.59. The fourth-order valence-electron chi connectivity index (χ4n) is 1.79. The normalized spacial score (nSPS) is 22.8. The van der Waals surface area contributed by atoms with E-state index in [1.54, 1.807) is 0 Å². The molecule has 0 amide bonds. The Morgan fingerprint density at radius 2 is 1.00 bits per heavy atom. The van der Waals surface area contributed by atoms with E-state index in [1.807, 2.05) is 0 Å². The van der Waals surface area contributed by atoms with Gasteiger partial charge in [-0.25, -0.2) is 0 Å². The Labute approximate surface area is 94.5 Å². The van der Waals surface area contributed by atoms with Gasteiger partial charge in [0.1, 0.15) is 0 Å². The van der Waals surface area contributed by atoms with Crippen LogP contribution in [0.3, 0.4) is 0 Å². The summed E-state index contributed by atoms with van der Waals surface area (Å²) in [5, 5.41) is 0.702. The fourth-order valence-corrected chi connectivity index (χ4v) is 2.15. The molecule has 1 rings (SSSR count). The van der Waals surface area contributed by atoms with E-state index in [2.05, 4.69) is 12.6 Å². The maximum absolute atomic E-state index is 4.56. The van der Waals surface area contributed by atoms with Gasteiger partial charge in [0.25, 0.3) is 0 Å². The molecule has 2 heteroatoms. The summed E-state index contributed by atoms with van der Waals surface area (Å²) in [4.78, 5) is 0. The van der Waals surface area contributed by atoms with Crippen LogP contribution in [0.5, 0.6) is 0 Å². The zero-order valence-electron chi connectivity index (χ0n) is 7.39. The van der Waals surface area contributed by atoms with Crippen molar-refractivity contribution in [2.24, 2.45) is 0 Å². The van der Waals surface area contributed by atoms with Gasteiger partial charge in [-0.1, -0.05) is 44.9 Å². The van der Waals surface area contributed by atoms with Gasteiger partial charge >= 0.3 is 18.9 Å². The topological polar surface area (TPSA) is 0 Å². The summed E-state index contributed by atoms with van der Waals surface area (Å²) >= 11 is 4.56. The molecule has 0 saturated heterocycles. The van der Waals surface area contributed by atoms with E-state index < -0.39 is 0 Å². The number of thiol groups is 1. The van der Waals surface area contributed by atoms with E-state index in [4.69, 9.17) is 0 Å². The van der Waals surface area contributed by atoms with Gasteiger partial charge in [0.2, 0.25) is 0 Å². The number of hydrogen-bond acceptors (Lipinski definition) is 1. The molecule has 0 N–H and O–H groups in total. The van der Waals surface area contributed by atoms with Crippen molar-refractivity contribution in [2.75, 3.05) is 0 Å². The van der Waals surface area contributed by atoms with E-state index in [1.165, 1.54) is 57.8 Å². The van der Waals surface area contributed by atoms with Gasteiger partial charge < -0.3 is 0 Å².